The van der Waals surface area contributed by atoms with Gasteiger partial charge in [-0.15, -0.1) is 0 Å². The maximum atomic E-state index is 5.71. The number of imidazole rings is 1. The monoisotopic (exact) mass is 310 g/mol. The highest BCUT2D eigenvalue weighted by molar-refractivity contribution is 9.10. The van der Waals surface area contributed by atoms with Crippen molar-refractivity contribution in [1.82, 2.24) is 9.55 Å². The lowest BCUT2D eigenvalue weighted by Crippen LogP contribution is -2.09. The summed E-state index contributed by atoms with van der Waals surface area (Å²) in [7, 11) is 1.64. The van der Waals surface area contributed by atoms with Gasteiger partial charge in [0.05, 0.1) is 18.1 Å². The molecule has 0 aliphatic rings. The number of rotatable bonds is 5. The minimum Gasteiger partial charge on any atom is -0.497 e. The predicted molar refractivity (Wildman–Crippen MR) is 73.2 cm³/mol. The van der Waals surface area contributed by atoms with Crippen molar-refractivity contribution in [2.75, 3.05) is 13.7 Å². The molecule has 1 aromatic heterocycles. The van der Waals surface area contributed by atoms with Crippen LogP contribution in [0.25, 0.3) is 0 Å². The van der Waals surface area contributed by atoms with Crippen LogP contribution >= 0.6 is 15.9 Å². The summed E-state index contributed by atoms with van der Waals surface area (Å²) in [6.07, 6.45) is 3.74. The summed E-state index contributed by atoms with van der Waals surface area (Å²) in [4.78, 5) is 4.16. The number of hydrogen-bond acceptors (Lipinski definition) is 3. The number of halogens is 1. The van der Waals surface area contributed by atoms with Crippen LogP contribution in [0.4, 0.5) is 0 Å². The SMILES string of the molecule is COc1ccc(OCCn2ccnc2C)c(Br)c1. The molecule has 5 heteroatoms. The molecule has 0 radical (unpaired) electrons. The van der Waals surface area contributed by atoms with E-state index in [4.69, 9.17) is 9.47 Å². The fraction of sp³-hybridized carbons (Fsp3) is 0.308. The average Bonchev–Trinajstić information content (AvgIpc) is 2.77. The molecule has 1 aromatic carbocycles. The Kier molecular flexibility index (Phi) is 4.25. The molecule has 0 aliphatic heterocycles. The van der Waals surface area contributed by atoms with Gasteiger partial charge in [0.15, 0.2) is 0 Å². The Balaban J connectivity index is 1.92. The molecule has 0 aliphatic carbocycles. The Hall–Kier alpha value is -1.49. The summed E-state index contributed by atoms with van der Waals surface area (Å²) >= 11 is 3.46. The zero-order valence-corrected chi connectivity index (χ0v) is 12.0. The van der Waals surface area contributed by atoms with E-state index in [0.717, 1.165) is 28.3 Å². The van der Waals surface area contributed by atoms with Crippen LogP contribution < -0.4 is 9.47 Å². The van der Waals surface area contributed by atoms with Crippen molar-refractivity contribution in [3.63, 3.8) is 0 Å². The Morgan fingerprint density at radius 3 is 2.83 bits per heavy atom. The van der Waals surface area contributed by atoms with E-state index >= 15 is 0 Å². The largest absolute Gasteiger partial charge is 0.497 e. The lowest BCUT2D eigenvalue weighted by atomic mass is 10.3. The van der Waals surface area contributed by atoms with Crippen molar-refractivity contribution in [2.45, 2.75) is 13.5 Å². The third kappa shape index (κ3) is 3.04. The van der Waals surface area contributed by atoms with E-state index in [0.29, 0.717) is 6.61 Å². The van der Waals surface area contributed by atoms with E-state index in [1.54, 1.807) is 13.3 Å². The van der Waals surface area contributed by atoms with Crippen molar-refractivity contribution < 1.29 is 9.47 Å². The number of aromatic nitrogens is 2. The van der Waals surface area contributed by atoms with Crippen LogP contribution in [-0.2, 0) is 6.54 Å². The Morgan fingerprint density at radius 1 is 1.39 bits per heavy atom. The van der Waals surface area contributed by atoms with E-state index in [2.05, 4.69) is 25.5 Å². The van der Waals surface area contributed by atoms with Gasteiger partial charge in [0, 0.05) is 12.4 Å². The molecule has 0 spiro atoms. The van der Waals surface area contributed by atoms with Gasteiger partial charge in [0.2, 0.25) is 0 Å². The van der Waals surface area contributed by atoms with Gasteiger partial charge >= 0.3 is 0 Å². The molecular weight excluding hydrogens is 296 g/mol. The van der Waals surface area contributed by atoms with Gasteiger partial charge in [-0.1, -0.05) is 0 Å². The minimum absolute atomic E-state index is 0.599. The predicted octanol–water partition coefficient (Wildman–Crippen LogP) is 3.04. The van der Waals surface area contributed by atoms with Gasteiger partial charge < -0.3 is 14.0 Å². The highest BCUT2D eigenvalue weighted by atomic mass is 79.9. The smallest absolute Gasteiger partial charge is 0.133 e. The van der Waals surface area contributed by atoms with Crippen LogP contribution in [0.3, 0.4) is 0 Å². The number of aryl methyl sites for hydroxylation is 1. The number of methoxy groups -OCH3 is 1. The van der Waals surface area contributed by atoms with Gasteiger partial charge in [-0.05, 0) is 41.1 Å². The van der Waals surface area contributed by atoms with Crippen molar-refractivity contribution in [3.05, 3.63) is 40.9 Å². The fourth-order valence-electron chi connectivity index (χ4n) is 1.62. The molecule has 2 aromatic rings. The highest BCUT2D eigenvalue weighted by Crippen LogP contribution is 2.29. The van der Waals surface area contributed by atoms with Crippen molar-refractivity contribution in [1.29, 1.82) is 0 Å². The average molecular weight is 311 g/mol. The molecule has 0 saturated heterocycles. The van der Waals surface area contributed by atoms with Crippen molar-refractivity contribution in [2.24, 2.45) is 0 Å². The third-order valence-corrected chi connectivity index (χ3v) is 3.27. The molecule has 0 bridgehead atoms. The molecule has 0 fully saturated rings. The summed E-state index contributed by atoms with van der Waals surface area (Å²) < 4.78 is 13.8. The highest BCUT2D eigenvalue weighted by Gasteiger charge is 2.03. The molecule has 0 saturated carbocycles. The molecular formula is C13H15BrN2O2. The Morgan fingerprint density at radius 2 is 2.22 bits per heavy atom. The van der Waals surface area contributed by atoms with Gasteiger partial charge in [0.1, 0.15) is 23.9 Å². The van der Waals surface area contributed by atoms with Gasteiger partial charge in [-0.3, -0.25) is 0 Å². The fourth-order valence-corrected chi connectivity index (χ4v) is 2.09. The summed E-state index contributed by atoms with van der Waals surface area (Å²) in [6.45, 7) is 3.36. The Labute approximate surface area is 115 Å². The summed E-state index contributed by atoms with van der Waals surface area (Å²) in [5.74, 6) is 2.61. The lowest BCUT2D eigenvalue weighted by molar-refractivity contribution is 0.294. The molecule has 0 N–H and O–H groups in total. The second-order valence-corrected chi connectivity index (χ2v) is 4.67. The zero-order chi connectivity index (χ0) is 13.0. The first kappa shape index (κ1) is 13.0. The molecule has 0 amide bonds. The summed E-state index contributed by atoms with van der Waals surface area (Å²) in [6, 6.07) is 5.66. The van der Waals surface area contributed by atoms with E-state index in [1.807, 2.05) is 31.3 Å². The minimum atomic E-state index is 0.599. The summed E-state index contributed by atoms with van der Waals surface area (Å²) in [5, 5.41) is 0. The van der Waals surface area contributed by atoms with Gasteiger partial charge in [-0.2, -0.15) is 0 Å². The van der Waals surface area contributed by atoms with Gasteiger partial charge in [-0.25, -0.2) is 4.98 Å². The van der Waals surface area contributed by atoms with E-state index < -0.39 is 0 Å². The topological polar surface area (TPSA) is 36.3 Å². The van der Waals surface area contributed by atoms with Crippen LogP contribution in [-0.4, -0.2) is 23.3 Å². The van der Waals surface area contributed by atoms with E-state index in [-0.39, 0.29) is 0 Å². The van der Waals surface area contributed by atoms with E-state index in [1.165, 1.54) is 0 Å². The Bertz CT molecular complexity index is 525. The third-order valence-electron chi connectivity index (χ3n) is 2.65. The quantitative estimate of drug-likeness (QED) is 0.851. The first-order chi connectivity index (χ1) is 8.70. The number of benzene rings is 1. The summed E-state index contributed by atoms with van der Waals surface area (Å²) in [5.41, 5.74) is 0. The van der Waals surface area contributed by atoms with Gasteiger partial charge in [0.25, 0.3) is 0 Å². The molecule has 96 valence electrons. The first-order valence-corrected chi connectivity index (χ1v) is 6.44. The normalized spacial score (nSPS) is 10.4. The maximum absolute atomic E-state index is 5.71. The van der Waals surface area contributed by atoms with Crippen molar-refractivity contribution in [3.8, 4) is 11.5 Å². The molecule has 0 atom stereocenters. The number of hydrogen-bond donors (Lipinski definition) is 0. The van der Waals surface area contributed by atoms with Crippen molar-refractivity contribution >= 4 is 15.9 Å². The molecule has 2 rings (SSSR count). The maximum Gasteiger partial charge on any atom is 0.133 e. The number of ether oxygens (including phenoxy) is 2. The van der Waals surface area contributed by atoms with Crippen LogP contribution in [0.15, 0.2) is 35.1 Å². The standard InChI is InChI=1S/C13H15BrN2O2/c1-10-15-5-6-16(10)7-8-18-13-4-3-11(17-2)9-12(13)14/h3-6,9H,7-8H2,1-2H3. The lowest BCUT2D eigenvalue weighted by Gasteiger charge is -2.10. The zero-order valence-electron chi connectivity index (χ0n) is 10.4. The number of nitrogens with zero attached hydrogens (tertiary/aromatic N) is 2. The second kappa shape index (κ2) is 5.91. The molecule has 0 unspecified atom stereocenters. The molecule has 4 nitrogen and oxygen atoms in total. The molecule has 1 heterocycles. The second-order valence-electron chi connectivity index (χ2n) is 3.81. The van der Waals surface area contributed by atoms with E-state index in [9.17, 15) is 0 Å². The van der Waals surface area contributed by atoms with Crippen LogP contribution in [0.1, 0.15) is 5.82 Å². The first-order valence-electron chi connectivity index (χ1n) is 5.65. The van der Waals surface area contributed by atoms with Crippen LogP contribution in [0.5, 0.6) is 11.5 Å². The van der Waals surface area contributed by atoms with Crippen LogP contribution in [0.2, 0.25) is 0 Å². The van der Waals surface area contributed by atoms with Crippen LogP contribution in [0, 0.1) is 6.92 Å². The molecule has 18 heavy (non-hydrogen) atoms.